The number of aliphatic carboxylic acids is 1. The molecule has 2 N–H and O–H groups in total. The number of amides is 1. The van der Waals surface area contributed by atoms with E-state index in [9.17, 15) is 9.59 Å². The molecule has 1 aliphatic heterocycles. The summed E-state index contributed by atoms with van der Waals surface area (Å²) in [6.07, 6.45) is 2.95. The van der Waals surface area contributed by atoms with Gasteiger partial charge in [0.25, 0.3) is 0 Å². The standard InChI is InChI=1S/C10H14N4O4/c15-9(4-14-6-11-5-13-14)12-3-7-1-2-8(18-7)10(16)17/h5-8H,1-4H2,(H,12,15)(H,16,17). The van der Waals surface area contributed by atoms with Crippen molar-refractivity contribution < 1.29 is 19.4 Å². The van der Waals surface area contributed by atoms with E-state index in [2.05, 4.69) is 15.4 Å². The Labute approximate surface area is 103 Å². The summed E-state index contributed by atoms with van der Waals surface area (Å²) in [5.41, 5.74) is 0. The Balaban J connectivity index is 1.69. The number of aromatic nitrogens is 3. The summed E-state index contributed by atoms with van der Waals surface area (Å²) in [6, 6.07) is 0. The molecule has 2 unspecified atom stereocenters. The van der Waals surface area contributed by atoms with E-state index in [0.29, 0.717) is 19.4 Å². The molecule has 0 bridgehead atoms. The molecule has 0 aromatic carbocycles. The van der Waals surface area contributed by atoms with Crippen LogP contribution in [-0.4, -0.2) is 50.5 Å². The van der Waals surface area contributed by atoms with Gasteiger partial charge >= 0.3 is 5.97 Å². The van der Waals surface area contributed by atoms with Crippen molar-refractivity contribution in [1.82, 2.24) is 20.1 Å². The zero-order chi connectivity index (χ0) is 13.0. The maximum absolute atomic E-state index is 11.5. The van der Waals surface area contributed by atoms with Gasteiger partial charge in [-0.25, -0.2) is 14.5 Å². The Kier molecular flexibility index (Phi) is 3.88. The molecular formula is C10H14N4O4. The summed E-state index contributed by atoms with van der Waals surface area (Å²) in [6.45, 7) is 0.409. The number of carbonyl (C=O) groups excluding carboxylic acids is 1. The number of rotatable bonds is 5. The molecule has 1 fully saturated rings. The van der Waals surface area contributed by atoms with E-state index in [1.807, 2.05) is 0 Å². The lowest BCUT2D eigenvalue weighted by molar-refractivity contribution is -0.149. The monoisotopic (exact) mass is 254 g/mol. The van der Waals surface area contributed by atoms with Crippen LogP contribution in [0, 0.1) is 0 Å². The number of carboxylic acid groups (broad SMARTS) is 1. The van der Waals surface area contributed by atoms with Crippen molar-refractivity contribution in [2.45, 2.75) is 31.6 Å². The number of nitrogens with one attached hydrogen (secondary N) is 1. The quantitative estimate of drug-likeness (QED) is 0.700. The number of ether oxygens (including phenoxy) is 1. The van der Waals surface area contributed by atoms with Crippen molar-refractivity contribution >= 4 is 11.9 Å². The van der Waals surface area contributed by atoms with Crippen LogP contribution in [0.15, 0.2) is 12.7 Å². The lowest BCUT2D eigenvalue weighted by atomic mass is 10.2. The third-order valence-corrected chi connectivity index (χ3v) is 2.68. The van der Waals surface area contributed by atoms with E-state index in [1.165, 1.54) is 17.3 Å². The van der Waals surface area contributed by atoms with Crippen LogP contribution in [-0.2, 0) is 20.9 Å². The molecule has 0 saturated carbocycles. The minimum Gasteiger partial charge on any atom is -0.479 e. The third-order valence-electron chi connectivity index (χ3n) is 2.68. The fourth-order valence-corrected chi connectivity index (χ4v) is 1.78. The summed E-state index contributed by atoms with van der Waals surface area (Å²) < 4.78 is 6.67. The molecule has 1 aromatic rings. The first kappa shape index (κ1) is 12.5. The molecule has 98 valence electrons. The predicted octanol–water partition coefficient (Wildman–Crippen LogP) is -0.973. The maximum atomic E-state index is 11.5. The molecule has 2 heterocycles. The zero-order valence-corrected chi connectivity index (χ0v) is 9.65. The van der Waals surface area contributed by atoms with Crippen molar-refractivity contribution in [3.8, 4) is 0 Å². The van der Waals surface area contributed by atoms with Gasteiger partial charge in [-0.3, -0.25) is 4.79 Å². The minimum atomic E-state index is -0.952. The van der Waals surface area contributed by atoms with Crippen LogP contribution in [0.4, 0.5) is 0 Å². The normalized spacial score (nSPS) is 22.9. The molecule has 1 saturated heterocycles. The van der Waals surface area contributed by atoms with Gasteiger partial charge in [-0.1, -0.05) is 0 Å². The van der Waals surface area contributed by atoms with Crippen LogP contribution in [0.1, 0.15) is 12.8 Å². The number of hydrogen-bond acceptors (Lipinski definition) is 5. The van der Waals surface area contributed by atoms with Gasteiger partial charge < -0.3 is 15.2 Å². The Hall–Kier alpha value is -1.96. The summed E-state index contributed by atoms with van der Waals surface area (Å²) >= 11 is 0. The Morgan fingerprint density at radius 3 is 2.94 bits per heavy atom. The maximum Gasteiger partial charge on any atom is 0.332 e. The number of carboxylic acids is 1. The van der Waals surface area contributed by atoms with Gasteiger partial charge in [0.1, 0.15) is 19.2 Å². The summed E-state index contributed by atoms with van der Waals surface area (Å²) in [4.78, 5) is 25.9. The second-order valence-electron chi connectivity index (χ2n) is 4.06. The molecule has 2 atom stereocenters. The van der Waals surface area contributed by atoms with E-state index < -0.39 is 12.1 Å². The molecule has 1 aromatic heterocycles. The second-order valence-corrected chi connectivity index (χ2v) is 4.06. The van der Waals surface area contributed by atoms with E-state index in [1.54, 1.807) is 0 Å². The van der Waals surface area contributed by atoms with Crippen molar-refractivity contribution in [3.05, 3.63) is 12.7 Å². The molecule has 8 heteroatoms. The molecule has 1 amide bonds. The van der Waals surface area contributed by atoms with Crippen molar-refractivity contribution in [1.29, 1.82) is 0 Å². The van der Waals surface area contributed by atoms with Crippen molar-refractivity contribution in [2.75, 3.05) is 6.54 Å². The highest BCUT2D eigenvalue weighted by Crippen LogP contribution is 2.19. The Morgan fingerprint density at radius 2 is 2.33 bits per heavy atom. The summed E-state index contributed by atoms with van der Waals surface area (Å²) in [5, 5.41) is 15.2. The van der Waals surface area contributed by atoms with Gasteiger partial charge in [-0.15, -0.1) is 0 Å². The molecule has 18 heavy (non-hydrogen) atoms. The van der Waals surface area contributed by atoms with Crippen LogP contribution < -0.4 is 5.32 Å². The van der Waals surface area contributed by atoms with Crippen LogP contribution in [0.25, 0.3) is 0 Å². The van der Waals surface area contributed by atoms with Gasteiger partial charge in [0, 0.05) is 6.54 Å². The van der Waals surface area contributed by atoms with Gasteiger partial charge in [0.15, 0.2) is 6.10 Å². The fraction of sp³-hybridized carbons (Fsp3) is 0.600. The average Bonchev–Trinajstić information content (AvgIpc) is 2.96. The number of nitrogens with zero attached hydrogens (tertiary/aromatic N) is 3. The van der Waals surface area contributed by atoms with Crippen molar-refractivity contribution in [2.24, 2.45) is 0 Å². The topological polar surface area (TPSA) is 106 Å². The van der Waals surface area contributed by atoms with E-state index in [-0.39, 0.29) is 18.6 Å². The number of carbonyl (C=O) groups is 2. The molecule has 0 spiro atoms. The van der Waals surface area contributed by atoms with E-state index >= 15 is 0 Å². The molecule has 1 aliphatic rings. The van der Waals surface area contributed by atoms with Crippen molar-refractivity contribution in [3.63, 3.8) is 0 Å². The molecule has 0 radical (unpaired) electrons. The van der Waals surface area contributed by atoms with Crippen LogP contribution in [0.2, 0.25) is 0 Å². The lowest BCUT2D eigenvalue weighted by Crippen LogP contribution is -2.35. The highest BCUT2D eigenvalue weighted by Gasteiger charge is 2.30. The first-order valence-corrected chi connectivity index (χ1v) is 5.62. The van der Waals surface area contributed by atoms with Crippen LogP contribution >= 0.6 is 0 Å². The molecular weight excluding hydrogens is 240 g/mol. The first-order chi connectivity index (χ1) is 8.65. The molecule has 8 nitrogen and oxygen atoms in total. The highest BCUT2D eigenvalue weighted by molar-refractivity contribution is 5.75. The highest BCUT2D eigenvalue weighted by atomic mass is 16.5. The molecule has 2 rings (SSSR count). The second kappa shape index (κ2) is 5.58. The smallest absolute Gasteiger partial charge is 0.332 e. The summed E-state index contributed by atoms with van der Waals surface area (Å²) in [5.74, 6) is -1.16. The first-order valence-electron chi connectivity index (χ1n) is 5.62. The van der Waals surface area contributed by atoms with Crippen LogP contribution in [0.3, 0.4) is 0 Å². The Morgan fingerprint density at radius 1 is 1.50 bits per heavy atom. The SMILES string of the molecule is O=C(Cn1cncn1)NCC1CCC(C(=O)O)O1. The van der Waals surface area contributed by atoms with E-state index in [0.717, 1.165) is 0 Å². The van der Waals surface area contributed by atoms with Crippen LogP contribution in [0.5, 0.6) is 0 Å². The molecule has 0 aliphatic carbocycles. The largest absolute Gasteiger partial charge is 0.479 e. The zero-order valence-electron chi connectivity index (χ0n) is 9.65. The van der Waals surface area contributed by atoms with Gasteiger partial charge in [0.05, 0.1) is 6.10 Å². The Bertz CT molecular complexity index is 420. The number of hydrogen-bond donors (Lipinski definition) is 2. The lowest BCUT2D eigenvalue weighted by Gasteiger charge is -2.12. The average molecular weight is 254 g/mol. The van der Waals surface area contributed by atoms with Gasteiger partial charge in [-0.2, -0.15) is 5.10 Å². The predicted molar refractivity (Wildman–Crippen MR) is 58.6 cm³/mol. The van der Waals surface area contributed by atoms with E-state index in [4.69, 9.17) is 9.84 Å². The van der Waals surface area contributed by atoms with Gasteiger partial charge in [-0.05, 0) is 12.8 Å². The minimum absolute atomic E-state index is 0.0923. The summed E-state index contributed by atoms with van der Waals surface area (Å²) in [7, 11) is 0. The van der Waals surface area contributed by atoms with Gasteiger partial charge in [0.2, 0.25) is 5.91 Å². The fourth-order valence-electron chi connectivity index (χ4n) is 1.78. The third kappa shape index (κ3) is 3.27.